The molecule has 1 atom stereocenters. The summed E-state index contributed by atoms with van der Waals surface area (Å²) in [5.74, 6) is 0.744. The van der Waals surface area contributed by atoms with Crippen molar-refractivity contribution in [1.82, 2.24) is 14.9 Å². The van der Waals surface area contributed by atoms with Gasteiger partial charge in [0.05, 0.1) is 13.2 Å². The van der Waals surface area contributed by atoms with E-state index in [0.29, 0.717) is 19.7 Å². The van der Waals surface area contributed by atoms with Gasteiger partial charge in [-0.15, -0.1) is 0 Å². The van der Waals surface area contributed by atoms with Gasteiger partial charge in [-0.3, -0.25) is 4.90 Å². The molecule has 23 heavy (non-hydrogen) atoms. The van der Waals surface area contributed by atoms with Gasteiger partial charge in [0.15, 0.2) is 0 Å². The van der Waals surface area contributed by atoms with Crippen LogP contribution in [0, 0.1) is 0 Å². The summed E-state index contributed by atoms with van der Waals surface area (Å²) in [6, 6.07) is 9.50. The SMILES string of the molecule is O[C@@]1(COc2ccccc2)COCCN(Cc2cncnc2)C1. The zero-order valence-electron chi connectivity index (χ0n) is 13.0. The average molecular weight is 315 g/mol. The maximum atomic E-state index is 10.8. The third-order valence-electron chi connectivity index (χ3n) is 3.71. The van der Waals surface area contributed by atoms with Gasteiger partial charge >= 0.3 is 0 Å². The quantitative estimate of drug-likeness (QED) is 0.892. The van der Waals surface area contributed by atoms with E-state index in [-0.39, 0.29) is 13.2 Å². The Labute approximate surface area is 135 Å². The molecule has 6 nitrogen and oxygen atoms in total. The summed E-state index contributed by atoms with van der Waals surface area (Å²) in [5.41, 5.74) is -0.0251. The second-order valence-electron chi connectivity index (χ2n) is 5.84. The van der Waals surface area contributed by atoms with Crippen LogP contribution in [0.4, 0.5) is 0 Å². The first-order valence-electron chi connectivity index (χ1n) is 7.68. The number of aliphatic hydroxyl groups is 1. The zero-order chi connectivity index (χ0) is 16.0. The molecular weight excluding hydrogens is 294 g/mol. The van der Waals surface area contributed by atoms with Gasteiger partial charge < -0.3 is 14.6 Å². The van der Waals surface area contributed by atoms with E-state index in [1.54, 1.807) is 12.4 Å². The molecule has 1 N–H and O–H groups in total. The summed E-state index contributed by atoms with van der Waals surface area (Å²) >= 11 is 0. The fourth-order valence-electron chi connectivity index (χ4n) is 2.62. The van der Waals surface area contributed by atoms with Gasteiger partial charge in [-0.2, -0.15) is 0 Å². The summed E-state index contributed by atoms with van der Waals surface area (Å²) < 4.78 is 11.3. The lowest BCUT2D eigenvalue weighted by molar-refractivity contribution is -0.0646. The van der Waals surface area contributed by atoms with Crippen molar-refractivity contribution in [2.45, 2.75) is 12.1 Å². The van der Waals surface area contributed by atoms with Gasteiger partial charge in [0.25, 0.3) is 0 Å². The van der Waals surface area contributed by atoms with Crippen LogP contribution in [0.1, 0.15) is 5.56 Å². The highest BCUT2D eigenvalue weighted by molar-refractivity contribution is 5.21. The van der Waals surface area contributed by atoms with Crippen LogP contribution in [0.5, 0.6) is 5.75 Å². The molecule has 0 radical (unpaired) electrons. The van der Waals surface area contributed by atoms with Gasteiger partial charge in [-0.25, -0.2) is 9.97 Å². The smallest absolute Gasteiger partial charge is 0.134 e. The number of nitrogens with zero attached hydrogens (tertiary/aromatic N) is 3. The third-order valence-corrected chi connectivity index (χ3v) is 3.71. The van der Waals surface area contributed by atoms with Crippen molar-refractivity contribution in [2.24, 2.45) is 0 Å². The van der Waals surface area contributed by atoms with E-state index in [9.17, 15) is 5.11 Å². The molecule has 1 saturated heterocycles. The first-order chi connectivity index (χ1) is 11.2. The Balaban J connectivity index is 1.61. The Kier molecular flexibility index (Phi) is 5.17. The number of hydrogen-bond donors (Lipinski definition) is 1. The molecule has 0 bridgehead atoms. The average Bonchev–Trinajstić information content (AvgIpc) is 2.77. The molecule has 122 valence electrons. The highest BCUT2D eigenvalue weighted by atomic mass is 16.5. The predicted octanol–water partition coefficient (Wildman–Crippen LogP) is 1.12. The minimum atomic E-state index is -1.04. The second kappa shape index (κ2) is 7.50. The monoisotopic (exact) mass is 315 g/mol. The lowest BCUT2D eigenvalue weighted by atomic mass is 10.1. The highest BCUT2D eigenvalue weighted by Gasteiger charge is 2.33. The van der Waals surface area contributed by atoms with E-state index in [4.69, 9.17) is 9.47 Å². The second-order valence-corrected chi connectivity index (χ2v) is 5.84. The molecule has 1 aromatic heterocycles. The van der Waals surface area contributed by atoms with Crippen LogP contribution in [-0.4, -0.2) is 58.5 Å². The summed E-state index contributed by atoms with van der Waals surface area (Å²) in [7, 11) is 0. The summed E-state index contributed by atoms with van der Waals surface area (Å²) in [4.78, 5) is 10.2. The topological polar surface area (TPSA) is 67.7 Å². The van der Waals surface area contributed by atoms with Crippen molar-refractivity contribution in [3.8, 4) is 5.75 Å². The van der Waals surface area contributed by atoms with E-state index in [0.717, 1.165) is 17.9 Å². The number of aromatic nitrogens is 2. The molecule has 2 aromatic rings. The van der Waals surface area contributed by atoms with E-state index in [1.807, 2.05) is 30.3 Å². The molecule has 1 aromatic carbocycles. The van der Waals surface area contributed by atoms with Crippen LogP contribution in [0.3, 0.4) is 0 Å². The number of rotatable bonds is 5. The Morgan fingerprint density at radius 2 is 2.00 bits per heavy atom. The van der Waals surface area contributed by atoms with E-state index in [1.165, 1.54) is 6.33 Å². The predicted molar refractivity (Wildman–Crippen MR) is 85.0 cm³/mol. The fourth-order valence-corrected chi connectivity index (χ4v) is 2.62. The standard InChI is InChI=1S/C17H21N3O3/c21-17(13-23-16-4-2-1-3-5-16)11-20(6-7-22-12-17)10-15-8-18-14-19-9-15/h1-5,8-9,14,21H,6-7,10-13H2/t17-/m1/s1. The van der Waals surface area contributed by atoms with Crippen LogP contribution >= 0.6 is 0 Å². The Bertz CT molecular complexity index is 597. The molecule has 1 aliphatic heterocycles. The van der Waals surface area contributed by atoms with Crippen LogP contribution < -0.4 is 4.74 Å². The van der Waals surface area contributed by atoms with Gasteiger partial charge in [0.2, 0.25) is 0 Å². The molecule has 0 aliphatic carbocycles. The molecule has 0 saturated carbocycles. The van der Waals surface area contributed by atoms with E-state index < -0.39 is 5.60 Å². The van der Waals surface area contributed by atoms with Crippen molar-refractivity contribution in [2.75, 3.05) is 32.9 Å². The summed E-state index contributed by atoms with van der Waals surface area (Å²) in [6.45, 7) is 2.96. The maximum absolute atomic E-state index is 10.8. The van der Waals surface area contributed by atoms with Crippen molar-refractivity contribution in [3.05, 3.63) is 54.6 Å². The van der Waals surface area contributed by atoms with Crippen LogP contribution in [0.25, 0.3) is 0 Å². The van der Waals surface area contributed by atoms with Crippen LogP contribution in [-0.2, 0) is 11.3 Å². The normalized spacial score (nSPS) is 22.5. The summed E-state index contributed by atoms with van der Waals surface area (Å²) in [6.07, 6.45) is 5.09. The van der Waals surface area contributed by atoms with Gasteiger partial charge in [0.1, 0.15) is 24.3 Å². The molecule has 2 heterocycles. The van der Waals surface area contributed by atoms with Gasteiger partial charge in [0, 0.05) is 37.6 Å². The van der Waals surface area contributed by atoms with E-state index in [2.05, 4.69) is 14.9 Å². The minimum Gasteiger partial charge on any atom is -0.490 e. The third kappa shape index (κ3) is 4.72. The molecule has 3 rings (SSSR count). The Morgan fingerprint density at radius 1 is 1.22 bits per heavy atom. The number of para-hydroxylation sites is 1. The number of hydrogen-bond acceptors (Lipinski definition) is 6. The summed E-state index contributed by atoms with van der Waals surface area (Å²) in [5, 5.41) is 10.8. The Hall–Kier alpha value is -2.02. The number of ether oxygens (including phenoxy) is 2. The largest absolute Gasteiger partial charge is 0.490 e. The number of β-amino-alcohol motifs (C(OH)–C–C–N with tert-alkyl or cyclic N) is 1. The lowest BCUT2D eigenvalue weighted by Crippen LogP contribution is -2.48. The van der Waals surface area contributed by atoms with Gasteiger partial charge in [-0.05, 0) is 12.1 Å². The molecule has 1 fully saturated rings. The molecular formula is C17H21N3O3. The molecule has 0 unspecified atom stereocenters. The van der Waals surface area contributed by atoms with E-state index >= 15 is 0 Å². The van der Waals surface area contributed by atoms with Crippen LogP contribution in [0.15, 0.2) is 49.1 Å². The number of benzene rings is 1. The van der Waals surface area contributed by atoms with Gasteiger partial charge in [-0.1, -0.05) is 18.2 Å². The first kappa shape index (κ1) is 15.9. The van der Waals surface area contributed by atoms with Crippen LogP contribution in [0.2, 0.25) is 0 Å². The highest BCUT2D eigenvalue weighted by Crippen LogP contribution is 2.17. The molecule has 6 heteroatoms. The Morgan fingerprint density at radius 3 is 2.78 bits per heavy atom. The van der Waals surface area contributed by atoms with Crippen molar-refractivity contribution >= 4 is 0 Å². The van der Waals surface area contributed by atoms with Crippen molar-refractivity contribution < 1.29 is 14.6 Å². The maximum Gasteiger partial charge on any atom is 0.134 e. The van der Waals surface area contributed by atoms with Crippen molar-refractivity contribution in [1.29, 1.82) is 0 Å². The minimum absolute atomic E-state index is 0.193. The molecule has 0 spiro atoms. The van der Waals surface area contributed by atoms with Crippen molar-refractivity contribution in [3.63, 3.8) is 0 Å². The zero-order valence-corrected chi connectivity index (χ0v) is 13.0. The lowest BCUT2D eigenvalue weighted by Gasteiger charge is -2.30. The first-order valence-corrected chi connectivity index (χ1v) is 7.68. The molecule has 0 amide bonds. The molecule has 1 aliphatic rings. The fraction of sp³-hybridized carbons (Fsp3) is 0.412.